The average molecular weight is 267 g/mol. The Morgan fingerprint density at radius 3 is 2.74 bits per heavy atom. The quantitative estimate of drug-likeness (QED) is 0.830. The van der Waals surface area contributed by atoms with E-state index in [4.69, 9.17) is 10.5 Å². The minimum absolute atomic E-state index is 0.368. The van der Waals surface area contributed by atoms with Gasteiger partial charge < -0.3 is 10.5 Å². The third-order valence-electron chi connectivity index (χ3n) is 5.24. The van der Waals surface area contributed by atoms with Crippen LogP contribution in [0, 0.1) is 0 Å². The van der Waals surface area contributed by atoms with E-state index in [1.165, 1.54) is 58.3 Å². The normalized spacial score (nSPS) is 39.2. The Balaban J connectivity index is 1.65. The highest BCUT2D eigenvalue weighted by molar-refractivity contribution is 4.91. The van der Waals surface area contributed by atoms with Crippen molar-refractivity contribution in [3.63, 3.8) is 0 Å². The van der Waals surface area contributed by atoms with E-state index in [2.05, 4.69) is 16.7 Å². The topological polar surface area (TPSA) is 41.7 Å². The maximum absolute atomic E-state index is 6.08. The van der Waals surface area contributed by atoms with Crippen molar-refractivity contribution in [2.75, 3.05) is 32.7 Å². The van der Waals surface area contributed by atoms with Crippen LogP contribution in [0.1, 0.15) is 39.0 Å². The Labute approximate surface area is 117 Å². The second kappa shape index (κ2) is 6.08. The molecule has 0 aromatic heterocycles. The molecule has 0 bridgehead atoms. The van der Waals surface area contributed by atoms with Crippen LogP contribution in [0.2, 0.25) is 0 Å². The molecule has 0 amide bonds. The molecule has 0 aliphatic carbocycles. The van der Waals surface area contributed by atoms with Crippen LogP contribution in [0.3, 0.4) is 0 Å². The van der Waals surface area contributed by atoms with Crippen LogP contribution in [0.25, 0.3) is 0 Å². The summed E-state index contributed by atoms with van der Waals surface area (Å²) in [5, 5.41) is 0. The van der Waals surface area contributed by atoms with E-state index < -0.39 is 0 Å². The van der Waals surface area contributed by atoms with Gasteiger partial charge in [0, 0.05) is 25.2 Å². The molecule has 4 atom stereocenters. The second-order valence-electron chi connectivity index (χ2n) is 6.55. The molecule has 3 aliphatic heterocycles. The summed E-state index contributed by atoms with van der Waals surface area (Å²) in [5.74, 6) is 0. The fourth-order valence-electron chi connectivity index (χ4n) is 4.19. The number of fused-ring (bicyclic) bond motifs is 1. The molecular weight excluding hydrogens is 238 g/mol. The largest absolute Gasteiger partial charge is 0.374 e. The van der Waals surface area contributed by atoms with E-state index in [0.29, 0.717) is 18.2 Å². The van der Waals surface area contributed by atoms with Gasteiger partial charge in [0.1, 0.15) is 0 Å². The van der Waals surface area contributed by atoms with Crippen LogP contribution in [0.5, 0.6) is 0 Å². The number of ether oxygens (including phenoxy) is 1. The molecule has 3 saturated heterocycles. The molecule has 3 aliphatic rings. The van der Waals surface area contributed by atoms with Crippen molar-refractivity contribution < 1.29 is 4.74 Å². The van der Waals surface area contributed by atoms with Gasteiger partial charge in [-0.05, 0) is 58.7 Å². The summed E-state index contributed by atoms with van der Waals surface area (Å²) in [7, 11) is 0. The molecule has 4 unspecified atom stereocenters. The SMILES string of the molecule is CC1CCC(C(CN)N2CCCN3CCCC3C2)O1. The first-order valence-corrected chi connectivity index (χ1v) is 8.11. The zero-order chi connectivity index (χ0) is 13.2. The summed E-state index contributed by atoms with van der Waals surface area (Å²) in [4.78, 5) is 5.32. The van der Waals surface area contributed by atoms with Crippen molar-refractivity contribution in [1.29, 1.82) is 0 Å². The lowest BCUT2D eigenvalue weighted by atomic mass is 10.0. The number of nitrogens with two attached hydrogens (primary N) is 1. The molecule has 0 radical (unpaired) electrons. The minimum atomic E-state index is 0.368. The summed E-state index contributed by atoms with van der Waals surface area (Å²) >= 11 is 0. The number of rotatable bonds is 3. The monoisotopic (exact) mass is 267 g/mol. The molecule has 0 aromatic carbocycles. The number of hydrogen-bond acceptors (Lipinski definition) is 4. The fraction of sp³-hybridized carbons (Fsp3) is 1.00. The number of nitrogens with zero attached hydrogens (tertiary/aromatic N) is 2. The molecule has 0 aromatic rings. The first kappa shape index (κ1) is 13.8. The molecule has 110 valence electrons. The molecule has 3 fully saturated rings. The highest BCUT2D eigenvalue weighted by atomic mass is 16.5. The smallest absolute Gasteiger partial charge is 0.0747 e. The maximum atomic E-state index is 6.08. The van der Waals surface area contributed by atoms with Crippen molar-refractivity contribution >= 4 is 0 Å². The Bertz CT molecular complexity index is 299. The lowest BCUT2D eigenvalue weighted by Gasteiger charge is -2.35. The minimum Gasteiger partial charge on any atom is -0.374 e. The van der Waals surface area contributed by atoms with Crippen molar-refractivity contribution in [3.8, 4) is 0 Å². The third kappa shape index (κ3) is 2.97. The van der Waals surface area contributed by atoms with Gasteiger partial charge in [0.25, 0.3) is 0 Å². The zero-order valence-corrected chi connectivity index (χ0v) is 12.3. The van der Waals surface area contributed by atoms with Crippen LogP contribution in [0.15, 0.2) is 0 Å². The average Bonchev–Trinajstić information content (AvgIpc) is 2.96. The summed E-state index contributed by atoms with van der Waals surface area (Å²) in [5.41, 5.74) is 6.08. The van der Waals surface area contributed by atoms with E-state index >= 15 is 0 Å². The predicted octanol–water partition coefficient (Wildman–Crippen LogP) is 1.05. The Morgan fingerprint density at radius 2 is 2.00 bits per heavy atom. The predicted molar refractivity (Wildman–Crippen MR) is 77.2 cm³/mol. The first-order chi connectivity index (χ1) is 9.28. The van der Waals surface area contributed by atoms with Crippen LogP contribution >= 0.6 is 0 Å². The van der Waals surface area contributed by atoms with Crippen molar-refractivity contribution in [1.82, 2.24) is 9.80 Å². The molecule has 19 heavy (non-hydrogen) atoms. The van der Waals surface area contributed by atoms with Gasteiger partial charge in [-0.25, -0.2) is 0 Å². The molecule has 4 nitrogen and oxygen atoms in total. The Morgan fingerprint density at radius 1 is 1.16 bits per heavy atom. The van der Waals surface area contributed by atoms with Crippen LogP contribution in [-0.4, -0.2) is 66.8 Å². The van der Waals surface area contributed by atoms with Gasteiger partial charge in [0.2, 0.25) is 0 Å². The van der Waals surface area contributed by atoms with E-state index in [-0.39, 0.29) is 0 Å². The van der Waals surface area contributed by atoms with Crippen molar-refractivity contribution in [3.05, 3.63) is 0 Å². The van der Waals surface area contributed by atoms with E-state index in [1.807, 2.05) is 0 Å². The van der Waals surface area contributed by atoms with Gasteiger partial charge >= 0.3 is 0 Å². The molecule has 0 spiro atoms. The molecule has 2 N–H and O–H groups in total. The van der Waals surface area contributed by atoms with Crippen LogP contribution in [-0.2, 0) is 4.74 Å². The van der Waals surface area contributed by atoms with Gasteiger partial charge in [-0.2, -0.15) is 0 Å². The number of hydrogen-bond donors (Lipinski definition) is 1. The van der Waals surface area contributed by atoms with Crippen LogP contribution in [0.4, 0.5) is 0 Å². The first-order valence-electron chi connectivity index (χ1n) is 8.11. The highest BCUT2D eigenvalue weighted by Crippen LogP contribution is 2.27. The van der Waals surface area contributed by atoms with Gasteiger partial charge in [0.15, 0.2) is 0 Å². The van der Waals surface area contributed by atoms with Gasteiger partial charge in [-0.1, -0.05) is 0 Å². The van der Waals surface area contributed by atoms with E-state index in [9.17, 15) is 0 Å². The Hall–Kier alpha value is -0.160. The molecule has 4 heteroatoms. The summed E-state index contributed by atoms with van der Waals surface area (Å²) in [6, 6.07) is 1.21. The molecule has 3 heterocycles. The van der Waals surface area contributed by atoms with E-state index in [0.717, 1.165) is 12.6 Å². The van der Waals surface area contributed by atoms with E-state index in [1.54, 1.807) is 0 Å². The summed E-state index contributed by atoms with van der Waals surface area (Å²) < 4.78 is 6.08. The zero-order valence-electron chi connectivity index (χ0n) is 12.3. The van der Waals surface area contributed by atoms with Gasteiger partial charge in [0.05, 0.1) is 12.2 Å². The lowest BCUT2D eigenvalue weighted by molar-refractivity contribution is -0.00579. The fourth-order valence-corrected chi connectivity index (χ4v) is 4.19. The Kier molecular flexibility index (Phi) is 4.42. The highest BCUT2D eigenvalue weighted by Gasteiger charge is 2.36. The summed E-state index contributed by atoms with van der Waals surface area (Å²) in [6.07, 6.45) is 7.22. The van der Waals surface area contributed by atoms with Crippen molar-refractivity contribution in [2.45, 2.75) is 63.3 Å². The second-order valence-corrected chi connectivity index (χ2v) is 6.55. The van der Waals surface area contributed by atoms with Gasteiger partial charge in [-0.15, -0.1) is 0 Å². The standard InChI is InChI=1S/C15H29N3O/c1-12-5-6-15(19-12)14(10-16)18-9-3-8-17-7-2-4-13(17)11-18/h12-15H,2-11,16H2,1H3. The molecule has 0 saturated carbocycles. The molecular formula is C15H29N3O. The lowest BCUT2D eigenvalue weighted by Crippen LogP contribution is -2.51. The molecule has 3 rings (SSSR count). The third-order valence-corrected chi connectivity index (χ3v) is 5.24. The summed E-state index contributed by atoms with van der Waals surface area (Å²) in [6.45, 7) is 7.92. The van der Waals surface area contributed by atoms with Gasteiger partial charge in [-0.3, -0.25) is 9.80 Å². The maximum Gasteiger partial charge on any atom is 0.0747 e. The van der Waals surface area contributed by atoms with Crippen molar-refractivity contribution in [2.24, 2.45) is 5.73 Å². The van der Waals surface area contributed by atoms with Crippen LogP contribution < -0.4 is 5.73 Å².